The standard InChI is InChI=1S/C29H40O9/c1-16-25(33)22(31)12-24(37-16)38-18-3-8-27(15-30)20-4-7-26(2)19(17-11-23(32)36-14-17)6-10-29(26,35)21(20)5-9-28(27,34)13-18/h5,9,11,15-16,18-22,24-25,31,33-35H,3-4,6-8,10,12-14H2,1-2H3/t16-,18-,19+,20?,21?,22+,24+,25+,26+,27-,28-,29-/m0/s1. The molecule has 0 amide bonds. The van der Waals surface area contributed by atoms with Crippen LogP contribution in [0.2, 0.25) is 0 Å². The molecule has 0 aromatic carbocycles. The summed E-state index contributed by atoms with van der Waals surface area (Å²) in [7, 11) is 0. The quantitative estimate of drug-likeness (QED) is 0.241. The Labute approximate surface area is 222 Å². The molecule has 4 aliphatic carbocycles. The van der Waals surface area contributed by atoms with Crippen LogP contribution in [0.5, 0.6) is 0 Å². The molecular weight excluding hydrogens is 492 g/mol. The number of aldehydes is 1. The molecule has 0 radical (unpaired) electrons. The van der Waals surface area contributed by atoms with E-state index in [1.165, 1.54) is 0 Å². The largest absolute Gasteiger partial charge is 0.458 e. The van der Waals surface area contributed by atoms with E-state index in [0.717, 1.165) is 18.3 Å². The number of carbonyl (C=O) groups excluding carboxylic acids is 2. The summed E-state index contributed by atoms with van der Waals surface area (Å²) in [5, 5.41) is 44.4. The summed E-state index contributed by atoms with van der Waals surface area (Å²) >= 11 is 0. The number of aliphatic hydroxyl groups is 4. The van der Waals surface area contributed by atoms with Crippen LogP contribution >= 0.6 is 0 Å². The first-order valence-corrected chi connectivity index (χ1v) is 14.1. The Balaban J connectivity index is 1.25. The van der Waals surface area contributed by atoms with Gasteiger partial charge in [0.1, 0.15) is 19.0 Å². The van der Waals surface area contributed by atoms with Gasteiger partial charge in [-0.15, -0.1) is 0 Å². The summed E-state index contributed by atoms with van der Waals surface area (Å²) in [6, 6.07) is 0. The first-order chi connectivity index (χ1) is 18.0. The number of carbonyl (C=O) groups is 2. The van der Waals surface area contributed by atoms with E-state index < -0.39 is 46.6 Å². The van der Waals surface area contributed by atoms with Crippen LogP contribution in [0.15, 0.2) is 23.8 Å². The van der Waals surface area contributed by atoms with Crippen molar-refractivity contribution in [2.75, 3.05) is 6.61 Å². The summed E-state index contributed by atoms with van der Waals surface area (Å²) in [5.41, 5.74) is -3.03. The molecule has 0 aromatic rings. The minimum Gasteiger partial charge on any atom is -0.458 e. The van der Waals surface area contributed by atoms with Gasteiger partial charge in [-0.3, -0.25) is 0 Å². The first-order valence-electron chi connectivity index (χ1n) is 14.1. The highest BCUT2D eigenvalue weighted by atomic mass is 16.7. The van der Waals surface area contributed by atoms with E-state index in [1.807, 2.05) is 6.08 Å². The molecule has 2 aliphatic heterocycles. The van der Waals surface area contributed by atoms with Crippen LogP contribution in [-0.2, 0) is 23.8 Å². The molecule has 3 saturated carbocycles. The molecule has 6 aliphatic rings. The van der Waals surface area contributed by atoms with Gasteiger partial charge in [-0.25, -0.2) is 4.79 Å². The third-order valence-electron chi connectivity index (χ3n) is 11.4. The molecule has 2 heterocycles. The van der Waals surface area contributed by atoms with Crippen molar-refractivity contribution in [1.82, 2.24) is 0 Å². The zero-order valence-electron chi connectivity index (χ0n) is 22.1. The Morgan fingerprint density at radius 3 is 2.61 bits per heavy atom. The lowest BCUT2D eigenvalue weighted by Crippen LogP contribution is -2.67. The lowest BCUT2D eigenvalue weighted by Gasteiger charge is -2.63. The molecule has 0 bridgehead atoms. The number of cyclic esters (lactones) is 1. The van der Waals surface area contributed by atoms with Gasteiger partial charge in [0.25, 0.3) is 0 Å². The summed E-state index contributed by atoms with van der Waals surface area (Å²) in [5.74, 6) is -0.789. The third kappa shape index (κ3) is 3.58. The third-order valence-corrected chi connectivity index (χ3v) is 11.4. The van der Waals surface area contributed by atoms with Crippen molar-refractivity contribution in [2.24, 2.45) is 28.6 Å². The number of hydrogen-bond donors (Lipinski definition) is 4. The molecule has 6 rings (SSSR count). The average molecular weight is 533 g/mol. The Morgan fingerprint density at radius 2 is 1.92 bits per heavy atom. The van der Waals surface area contributed by atoms with E-state index in [1.54, 1.807) is 19.1 Å². The fourth-order valence-electron chi connectivity index (χ4n) is 9.17. The minimum atomic E-state index is -1.42. The maximum Gasteiger partial charge on any atom is 0.331 e. The van der Waals surface area contributed by atoms with Crippen LogP contribution in [-0.4, -0.2) is 81.2 Å². The van der Waals surface area contributed by atoms with Gasteiger partial charge in [0.05, 0.1) is 34.9 Å². The molecular formula is C29H40O9. The Kier molecular flexibility index (Phi) is 6.26. The van der Waals surface area contributed by atoms with Crippen LogP contribution in [0.4, 0.5) is 0 Å². The summed E-state index contributed by atoms with van der Waals surface area (Å²) in [4.78, 5) is 24.7. The van der Waals surface area contributed by atoms with Crippen LogP contribution in [0.3, 0.4) is 0 Å². The van der Waals surface area contributed by atoms with Crippen molar-refractivity contribution in [3.8, 4) is 0 Å². The van der Waals surface area contributed by atoms with Gasteiger partial charge < -0.3 is 39.4 Å². The van der Waals surface area contributed by atoms with E-state index in [-0.39, 0.29) is 49.3 Å². The molecule has 38 heavy (non-hydrogen) atoms. The van der Waals surface area contributed by atoms with Gasteiger partial charge in [0.2, 0.25) is 0 Å². The topological polar surface area (TPSA) is 143 Å². The lowest BCUT2D eigenvalue weighted by molar-refractivity contribution is -0.274. The first kappa shape index (κ1) is 26.6. The van der Waals surface area contributed by atoms with E-state index in [9.17, 15) is 30.0 Å². The molecule has 4 fully saturated rings. The molecule has 0 spiro atoms. The number of aliphatic hydroxyl groups excluding tert-OH is 2. The zero-order valence-corrected chi connectivity index (χ0v) is 22.1. The number of esters is 1. The fourth-order valence-corrected chi connectivity index (χ4v) is 9.17. The SMILES string of the molecule is C[C@@H]1O[C@H](O[C@H]2CC[C@]3(C=O)C4CC[C@]5(C)[C@@H](C6=CC(=O)OC6)CC[C@]5(O)C4C=C[C@]3(O)C2)C[C@@H](O)[C@@H]1O. The maximum atomic E-state index is 12.9. The van der Waals surface area contributed by atoms with E-state index >= 15 is 0 Å². The van der Waals surface area contributed by atoms with Gasteiger partial charge in [0.15, 0.2) is 6.29 Å². The minimum absolute atomic E-state index is 0.0391. The van der Waals surface area contributed by atoms with Crippen molar-refractivity contribution in [2.45, 2.75) is 107 Å². The molecule has 210 valence electrons. The van der Waals surface area contributed by atoms with Crippen LogP contribution in [0, 0.1) is 28.6 Å². The van der Waals surface area contributed by atoms with Crippen LogP contribution in [0.25, 0.3) is 0 Å². The monoisotopic (exact) mass is 532 g/mol. The van der Waals surface area contributed by atoms with Crippen molar-refractivity contribution in [3.63, 3.8) is 0 Å². The van der Waals surface area contributed by atoms with Crippen molar-refractivity contribution in [1.29, 1.82) is 0 Å². The number of ether oxygens (including phenoxy) is 3. The molecule has 2 unspecified atom stereocenters. The fraction of sp³-hybridized carbons (Fsp3) is 0.793. The van der Waals surface area contributed by atoms with Crippen molar-refractivity contribution < 1.29 is 44.2 Å². The van der Waals surface area contributed by atoms with Crippen molar-refractivity contribution in [3.05, 3.63) is 23.8 Å². The molecule has 9 heteroatoms. The summed E-state index contributed by atoms with van der Waals surface area (Å²) in [6.45, 7) is 4.06. The highest BCUT2D eigenvalue weighted by Gasteiger charge is 2.70. The lowest BCUT2D eigenvalue weighted by atomic mass is 9.43. The molecule has 0 aromatic heterocycles. The van der Waals surface area contributed by atoms with Gasteiger partial charge in [-0.2, -0.15) is 0 Å². The molecule has 1 saturated heterocycles. The Bertz CT molecular complexity index is 1040. The Morgan fingerprint density at radius 1 is 1.13 bits per heavy atom. The van der Waals surface area contributed by atoms with Crippen LogP contribution in [0.1, 0.15) is 65.2 Å². The maximum absolute atomic E-state index is 12.9. The smallest absolute Gasteiger partial charge is 0.331 e. The second-order valence-corrected chi connectivity index (χ2v) is 12.9. The second kappa shape index (κ2) is 8.94. The van der Waals surface area contributed by atoms with E-state index in [4.69, 9.17) is 14.2 Å². The van der Waals surface area contributed by atoms with Gasteiger partial charge in [-0.1, -0.05) is 19.1 Å². The highest BCUT2D eigenvalue weighted by molar-refractivity contribution is 5.85. The predicted octanol–water partition coefficient (Wildman–Crippen LogP) is 1.56. The highest BCUT2D eigenvalue weighted by Crippen LogP contribution is 2.69. The van der Waals surface area contributed by atoms with Gasteiger partial charge in [-0.05, 0) is 62.9 Å². The normalized spacial score (nSPS) is 53.9. The number of hydrogen-bond acceptors (Lipinski definition) is 9. The van der Waals surface area contributed by atoms with Crippen molar-refractivity contribution >= 4 is 12.3 Å². The van der Waals surface area contributed by atoms with E-state index in [0.29, 0.717) is 32.1 Å². The predicted molar refractivity (Wildman–Crippen MR) is 133 cm³/mol. The number of rotatable bonds is 4. The van der Waals surface area contributed by atoms with E-state index in [2.05, 4.69) is 6.92 Å². The van der Waals surface area contributed by atoms with Gasteiger partial charge >= 0.3 is 5.97 Å². The molecule has 12 atom stereocenters. The van der Waals surface area contributed by atoms with Gasteiger partial charge in [0, 0.05) is 30.3 Å². The Hall–Kier alpha value is -1.62. The zero-order chi connectivity index (χ0) is 27.1. The second-order valence-electron chi connectivity index (χ2n) is 12.9. The summed E-state index contributed by atoms with van der Waals surface area (Å²) < 4.78 is 17.1. The molecule has 4 N–H and O–H groups in total. The average Bonchev–Trinajstić information content (AvgIpc) is 3.41. The molecule has 9 nitrogen and oxygen atoms in total. The van der Waals surface area contributed by atoms with Crippen LogP contribution < -0.4 is 0 Å². The number of fused-ring (bicyclic) bond motifs is 5. The summed E-state index contributed by atoms with van der Waals surface area (Å²) in [6.07, 6.45) is 6.58.